The molecule has 2 fully saturated rings. The van der Waals surface area contributed by atoms with Crippen LogP contribution in [0.2, 0.25) is 0 Å². The van der Waals surface area contributed by atoms with Gasteiger partial charge in [0.2, 0.25) is 0 Å². The number of unbranched alkanes of at least 4 members (excludes halogenated alkanes) is 5. The zero-order valence-corrected chi connectivity index (χ0v) is 18.1. The summed E-state index contributed by atoms with van der Waals surface area (Å²) in [6.07, 6.45) is 15.0. The van der Waals surface area contributed by atoms with Crippen LogP contribution < -0.4 is 4.74 Å². The van der Waals surface area contributed by atoms with E-state index in [2.05, 4.69) is 32.0 Å². The molecule has 0 saturated heterocycles. The van der Waals surface area contributed by atoms with E-state index in [4.69, 9.17) is 4.74 Å². The number of fused-ring (bicyclic) bond motifs is 5. The van der Waals surface area contributed by atoms with Gasteiger partial charge < -0.3 is 9.84 Å². The molecular formula is C26H40O2. The van der Waals surface area contributed by atoms with Crippen LogP contribution in [0.5, 0.6) is 5.75 Å². The number of aliphatic hydroxyl groups is 1. The van der Waals surface area contributed by atoms with Crippen LogP contribution in [-0.2, 0) is 6.42 Å². The van der Waals surface area contributed by atoms with Crippen molar-refractivity contribution in [1.29, 1.82) is 0 Å². The van der Waals surface area contributed by atoms with Gasteiger partial charge in [-0.2, -0.15) is 0 Å². The van der Waals surface area contributed by atoms with Crippen molar-refractivity contribution in [3.8, 4) is 5.75 Å². The van der Waals surface area contributed by atoms with E-state index in [1.807, 2.05) is 0 Å². The summed E-state index contributed by atoms with van der Waals surface area (Å²) in [6, 6.07) is 6.92. The molecule has 0 radical (unpaired) electrons. The Morgan fingerprint density at radius 2 is 1.86 bits per heavy atom. The minimum atomic E-state index is -0.0717. The molecule has 0 amide bonds. The van der Waals surface area contributed by atoms with E-state index in [0.717, 1.165) is 30.6 Å². The van der Waals surface area contributed by atoms with Crippen LogP contribution in [0, 0.1) is 17.3 Å². The minimum absolute atomic E-state index is 0.0717. The maximum Gasteiger partial charge on any atom is 0.119 e. The summed E-state index contributed by atoms with van der Waals surface area (Å²) >= 11 is 0. The van der Waals surface area contributed by atoms with Crippen LogP contribution in [-0.4, -0.2) is 17.8 Å². The van der Waals surface area contributed by atoms with E-state index in [1.54, 1.807) is 5.56 Å². The largest absolute Gasteiger partial charge is 0.494 e. The van der Waals surface area contributed by atoms with Gasteiger partial charge in [-0.05, 0) is 91.4 Å². The predicted molar refractivity (Wildman–Crippen MR) is 116 cm³/mol. The lowest BCUT2D eigenvalue weighted by Gasteiger charge is -2.50. The molecule has 0 spiro atoms. The maximum absolute atomic E-state index is 10.6. The third-order valence-corrected chi connectivity index (χ3v) is 8.41. The highest BCUT2D eigenvalue weighted by atomic mass is 16.5. The van der Waals surface area contributed by atoms with Crippen LogP contribution in [0.25, 0.3) is 0 Å². The topological polar surface area (TPSA) is 29.5 Å². The van der Waals surface area contributed by atoms with Gasteiger partial charge in [0.05, 0.1) is 12.7 Å². The average Bonchev–Trinajstić information content (AvgIpc) is 3.02. The van der Waals surface area contributed by atoms with Gasteiger partial charge >= 0.3 is 0 Å². The van der Waals surface area contributed by atoms with Crippen LogP contribution in [0.1, 0.15) is 102 Å². The van der Waals surface area contributed by atoms with Crippen molar-refractivity contribution in [2.24, 2.45) is 17.3 Å². The fourth-order valence-electron chi connectivity index (χ4n) is 6.69. The minimum Gasteiger partial charge on any atom is -0.494 e. The second-order valence-corrected chi connectivity index (χ2v) is 10.0. The molecule has 1 aromatic rings. The standard InChI is InChI=1S/C26H40O2/c1-3-4-5-6-7-8-17-28-20-10-12-21-19(18-20)9-11-23-22(21)15-16-26(2)24(23)13-14-25(26)27/h10,12,18,22-25,27H,3-9,11,13-17H2,1-2H3/t22-,23-,24+,25+,26+/m1/s1. The first-order valence-corrected chi connectivity index (χ1v) is 12.1. The van der Waals surface area contributed by atoms with E-state index in [1.165, 1.54) is 76.2 Å². The molecule has 5 atom stereocenters. The second kappa shape index (κ2) is 8.78. The highest BCUT2D eigenvalue weighted by molar-refractivity contribution is 5.40. The van der Waals surface area contributed by atoms with E-state index >= 15 is 0 Å². The fourth-order valence-corrected chi connectivity index (χ4v) is 6.69. The molecule has 3 aliphatic carbocycles. The monoisotopic (exact) mass is 384 g/mol. The first kappa shape index (κ1) is 20.3. The number of hydrogen-bond donors (Lipinski definition) is 1. The van der Waals surface area contributed by atoms with Gasteiger partial charge in [-0.3, -0.25) is 0 Å². The van der Waals surface area contributed by atoms with Gasteiger partial charge in [-0.25, -0.2) is 0 Å². The van der Waals surface area contributed by atoms with Crippen LogP contribution >= 0.6 is 0 Å². The Morgan fingerprint density at radius 1 is 1.04 bits per heavy atom. The zero-order valence-electron chi connectivity index (χ0n) is 18.1. The second-order valence-electron chi connectivity index (χ2n) is 10.0. The Labute approximate surface area is 172 Å². The Morgan fingerprint density at radius 3 is 2.71 bits per heavy atom. The predicted octanol–water partition coefficient (Wildman–Crippen LogP) is 6.64. The molecule has 3 aliphatic rings. The SMILES string of the molecule is CCCCCCCCOc1ccc2c(c1)CC[C@@H]1[C@@H]2CC[C@]2(C)[C@@H](O)CC[C@@H]12. The fraction of sp³-hybridized carbons (Fsp3) is 0.769. The van der Waals surface area contributed by atoms with Crippen LogP contribution in [0.4, 0.5) is 0 Å². The third-order valence-electron chi connectivity index (χ3n) is 8.41. The molecule has 156 valence electrons. The molecule has 28 heavy (non-hydrogen) atoms. The number of aryl methyl sites for hydroxylation is 1. The third kappa shape index (κ3) is 3.86. The normalized spacial score (nSPS) is 33.8. The Kier molecular flexibility index (Phi) is 6.35. The van der Waals surface area contributed by atoms with E-state index in [0.29, 0.717) is 5.92 Å². The lowest BCUT2D eigenvalue weighted by molar-refractivity contribution is -0.0226. The summed E-state index contributed by atoms with van der Waals surface area (Å²) in [6.45, 7) is 5.49. The molecule has 0 aliphatic heterocycles. The summed E-state index contributed by atoms with van der Waals surface area (Å²) in [4.78, 5) is 0. The smallest absolute Gasteiger partial charge is 0.119 e. The molecule has 2 saturated carbocycles. The lowest BCUT2D eigenvalue weighted by Crippen LogP contribution is -2.43. The quantitative estimate of drug-likeness (QED) is 0.509. The van der Waals surface area contributed by atoms with Crippen LogP contribution in [0.3, 0.4) is 0 Å². The molecule has 2 nitrogen and oxygen atoms in total. The van der Waals surface area contributed by atoms with Crippen molar-refractivity contribution < 1.29 is 9.84 Å². The summed E-state index contributed by atoms with van der Waals surface area (Å²) in [5.41, 5.74) is 3.30. The summed E-state index contributed by atoms with van der Waals surface area (Å²) in [7, 11) is 0. The van der Waals surface area contributed by atoms with E-state index < -0.39 is 0 Å². The molecule has 1 aromatic carbocycles. The molecule has 0 heterocycles. The first-order valence-electron chi connectivity index (χ1n) is 12.1. The molecule has 0 bridgehead atoms. The molecular weight excluding hydrogens is 344 g/mol. The van der Waals surface area contributed by atoms with Crippen molar-refractivity contribution in [3.05, 3.63) is 29.3 Å². The molecule has 0 unspecified atom stereocenters. The summed E-state index contributed by atoms with van der Waals surface area (Å²) in [5.74, 6) is 3.28. The zero-order chi connectivity index (χ0) is 19.6. The Hall–Kier alpha value is -1.02. The number of ether oxygens (including phenoxy) is 1. The lowest BCUT2D eigenvalue weighted by atomic mass is 9.55. The van der Waals surface area contributed by atoms with Gasteiger partial charge in [0, 0.05) is 0 Å². The molecule has 4 rings (SSSR count). The van der Waals surface area contributed by atoms with Crippen molar-refractivity contribution in [2.45, 2.75) is 103 Å². The average molecular weight is 385 g/mol. The van der Waals surface area contributed by atoms with Gasteiger partial charge in [0.1, 0.15) is 5.75 Å². The van der Waals surface area contributed by atoms with Gasteiger partial charge in [0.25, 0.3) is 0 Å². The van der Waals surface area contributed by atoms with Gasteiger partial charge in [0.15, 0.2) is 0 Å². The first-order chi connectivity index (χ1) is 13.6. The Bertz CT molecular complexity index is 654. The van der Waals surface area contributed by atoms with E-state index in [9.17, 15) is 5.11 Å². The van der Waals surface area contributed by atoms with Gasteiger partial charge in [-0.1, -0.05) is 52.0 Å². The van der Waals surface area contributed by atoms with Crippen molar-refractivity contribution in [1.82, 2.24) is 0 Å². The van der Waals surface area contributed by atoms with E-state index in [-0.39, 0.29) is 11.5 Å². The number of benzene rings is 1. The number of rotatable bonds is 8. The van der Waals surface area contributed by atoms with Crippen LogP contribution in [0.15, 0.2) is 18.2 Å². The maximum atomic E-state index is 10.6. The Balaban J connectivity index is 1.34. The van der Waals surface area contributed by atoms with Crippen molar-refractivity contribution in [2.75, 3.05) is 6.61 Å². The highest BCUT2D eigenvalue weighted by Crippen LogP contribution is 2.60. The summed E-state index contributed by atoms with van der Waals surface area (Å²) in [5, 5.41) is 10.6. The molecule has 2 heteroatoms. The summed E-state index contributed by atoms with van der Waals surface area (Å²) < 4.78 is 6.08. The van der Waals surface area contributed by atoms with Crippen molar-refractivity contribution >= 4 is 0 Å². The molecule has 1 N–H and O–H groups in total. The molecule has 0 aromatic heterocycles. The number of aliphatic hydroxyl groups excluding tert-OH is 1. The van der Waals surface area contributed by atoms with Gasteiger partial charge in [-0.15, -0.1) is 0 Å². The van der Waals surface area contributed by atoms with Crippen molar-refractivity contribution in [3.63, 3.8) is 0 Å². The number of hydrogen-bond acceptors (Lipinski definition) is 2. The highest BCUT2D eigenvalue weighted by Gasteiger charge is 2.54.